The first-order valence-electron chi connectivity index (χ1n) is 3.06. The van der Waals surface area contributed by atoms with Crippen LogP contribution in [-0.4, -0.2) is 11.1 Å². The molecular formula is C7H8O3S. The van der Waals surface area contributed by atoms with Crippen LogP contribution in [0.4, 0.5) is 0 Å². The number of hydrogen-bond acceptors (Lipinski definition) is 3. The minimum atomic E-state index is -0.996. The Morgan fingerprint density at radius 2 is 2.00 bits per heavy atom. The number of carbonyl (C=O) groups is 1. The van der Waals surface area contributed by atoms with E-state index in [9.17, 15) is 4.79 Å². The van der Waals surface area contributed by atoms with E-state index < -0.39 is 5.97 Å². The summed E-state index contributed by atoms with van der Waals surface area (Å²) in [6.07, 6.45) is 0. The summed E-state index contributed by atoms with van der Waals surface area (Å²) in [5.41, 5.74) is 0.158. The molecule has 0 aliphatic rings. The van der Waals surface area contributed by atoms with Crippen LogP contribution in [0.5, 0.6) is 0 Å². The van der Waals surface area contributed by atoms with Crippen LogP contribution in [-0.2, 0) is 0 Å². The van der Waals surface area contributed by atoms with Crippen LogP contribution >= 0.6 is 12.6 Å². The van der Waals surface area contributed by atoms with Gasteiger partial charge in [-0.3, -0.25) is 0 Å². The van der Waals surface area contributed by atoms with Gasteiger partial charge in [0.25, 0.3) is 0 Å². The van der Waals surface area contributed by atoms with Crippen LogP contribution in [0.2, 0.25) is 0 Å². The molecule has 1 aromatic heterocycles. The van der Waals surface area contributed by atoms with Crippen LogP contribution in [0.25, 0.3) is 0 Å². The number of carboxylic acids is 1. The summed E-state index contributed by atoms with van der Waals surface area (Å²) in [6, 6.07) is 0. The predicted molar refractivity (Wildman–Crippen MR) is 42.4 cm³/mol. The topological polar surface area (TPSA) is 50.4 Å². The zero-order chi connectivity index (χ0) is 8.59. The van der Waals surface area contributed by atoms with Gasteiger partial charge in [0.2, 0.25) is 0 Å². The number of hydrogen-bond donors (Lipinski definition) is 2. The van der Waals surface area contributed by atoms with E-state index >= 15 is 0 Å². The van der Waals surface area contributed by atoms with Gasteiger partial charge >= 0.3 is 5.97 Å². The van der Waals surface area contributed by atoms with Crippen LogP contribution in [0, 0.1) is 13.8 Å². The second kappa shape index (κ2) is 2.62. The Bertz CT molecular complexity index is 301. The van der Waals surface area contributed by atoms with Gasteiger partial charge < -0.3 is 9.52 Å². The Morgan fingerprint density at radius 3 is 2.18 bits per heavy atom. The maximum atomic E-state index is 10.5. The number of furan rings is 1. The van der Waals surface area contributed by atoms with Gasteiger partial charge in [0, 0.05) is 0 Å². The SMILES string of the molecule is Cc1oc(C)c(C(=O)O)c1S. The van der Waals surface area contributed by atoms with Crippen molar-refractivity contribution in [2.45, 2.75) is 18.7 Å². The zero-order valence-corrected chi connectivity index (χ0v) is 7.11. The quantitative estimate of drug-likeness (QED) is 0.636. The van der Waals surface area contributed by atoms with Crippen molar-refractivity contribution in [1.29, 1.82) is 0 Å². The van der Waals surface area contributed by atoms with Crippen molar-refractivity contribution in [2.24, 2.45) is 0 Å². The molecule has 0 fully saturated rings. The van der Waals surface area contributed by atoms with E-state index in [0.717, 1.165) is 0 Å². The first kappa shape index (κ1) is 8.20. The molecule has 0 saturated carbocycles. The number of aromatic carboxylic acids is 1. The molecule has 4 heteroatoms. The molecule has 1 heterocycles. The second-order valence-corrected chi connectivity index (χ2v) is 2.69. The largest absolute Gasteiger partial charge is 0.478 e. The lowest BCUT2D eigenvalue weighted by Crippen LogP contribution is -1.96. The Labute approximate surface area is 69.4 Å². The summed E-state index contributed by atoms with van der Waals surface area (Å²) in [5.74, 6) is -0.0485. The van der Waals surface area contributed by atoms with E-state index in [1.807, 2.05) is 0 Å². The fourth-order valence-corrected chi connectivity index (χ4v) is 1.22. The highest BCUT2D eigenvalue weighted by atomic mass is 32.1. The molecule has 0 aliphatic carbocycles. The molecule has 0 saturated heterocycles. The number of carboxylic acid groups (broad SMARTS) is 1. The molecule has 0 spiro atoms. The summed E-state index contributed by atoms with van der Waals surface area (Å²) in [6.45, 7) is 3.29. The standard InChI is InChI=1S/C7H8O3S/c1-3-5(7(8)9)6(11)4(2)10-3/h11H,1-2H3,(H,8,9). The lowest BCUT2D eigenvalue weighted by molar-refractivity contribution is 0.0692. The highest BCUT2D eigenvalue weighted by molar-refractivity contribution is 7.80. The van der Waals surface area contributed by atoms with E-state index in [0.29, 0.717) is 16.4 Å². The van der Waals surface area contributed by atoms with E-state index in [4.69, 9.17) is 9.52 Å². The van der Waals surface area contributed by atoms with Crippen molar-refractivity contribution in [2.75, 3.05) is 0 Å². The lowest BCUT2D eigenvalue weighted by atomic mass is 10.2. The van der Waals surface area contributed by atoms with Crippen LogP contribution in [0.15, 0.2) is 9.31 Å². The number of aryl methyl sites for hydroxylation is 2. The minimum Gasteiger partial charge on any atom is -0.478 e. The van der Waals surface area contributed by atoms with Gasteiger partial charge in [-0.2, -0.15) is 0 Å². The summed E-state index contributed by atoms with van der Waals surface area (Å²) in [4.78, 5) is 11.0. The van der Waals surface area contributed by atoms with Gasteiger partial charge in [0.05, 0.1) is 4.90 Å². The van der Waals surface area contributed by atoms with Crippen molar-refractivity contribution in [1.82, 2.24) is 0 Å². The van der Waals surface area contributed by atoms with Crippen molar-refractivity contribution < 1.29 is 14.3 Å². The Morgan fingerprint density at radius 1 is 1.45 bits per heavy atom. The van der Waals surface area contributed by atoms with E-state index in [1.54, 1.807) is 13.8 Å². The summed E-state index contributed by atoms with van der Waals surface area (Å²) < 4.78 is 5.05. The summed E-state index contributed by atoms with van der Waals surface area (Å²) in [5, 5.41) is 8.65. The average Bonchev–Trinajstić information content (AvgIpc) is 2.07. The molecule has 11 heavy (non-hydrogen) atoms. The Kier molecular flexibility index (Phi) is 1.95. The normalized spacial score (nSPS) is 10.1. The molecule has 0 atom stereocenters. The summed E-state index contributed by atoms with van der Waals surface area (Å²) >= 11 is 4.00. The predicted octanol–water partition coefficient (Wildman–Crippen LogP) is 1.88. The Hall–Kier alpha value is -0.900. The lowest BCUT2D eigenvalue weighted by Gasteiger charge is -1.89. The third-order valence-electron chi connectivity index (χ3n) is 1.44. The molecule has 1 N–H and O–H groups in total. The van der Waals surface area contributed by atoms with Crippen molar-refractivity contribution in [3.8, 4) is 0 Å². The van der Waals surface area contributed by atoms with Gasteiger partial charge in [-0.15, -0.1) is 12.6 Å². The first-order chi connectivity index (χ1) is 5.04. The third kappa shape index (κ3) is 1.26. The molecule has 1 rings (SSSR count). The minimum absolute atomic E-state index is 0.158. The van der Waals surface area contributed by atoms with Crippen molar-refractivity contribution >= 4 is 18.6 Å². The molecule has 0 amide bonds. The van der Waals surface area contributed by atoms with E-state index in [1.165, 1.54) is 0 Å². The first-order valence-corrected chi connectivity index (χ1v) is 3.51. The molecule has 0 aromatic carbocycles. The van der Waals surface area contributed by atoms with E-state index in [2.05, 4.69) is 12.6 Å². The number of thiol groups is 1. The second-order valence-electron chi connectivity index (χ2n) is 2.24. The molecule has 0 radical (unpaired) electrons. The fourth-order valence-electron chi connectivity index (χ4n) is 0.924. The van der Waals surface area contributed by atoms with Crippen LogP contribution < -0.4 is 0 Å². The molecule has 0 bridgehead atoms. The highest BCUT2D eigenvalue weighted by Gasteiger charge is 2.17. The van der Waals surface area contributed by atoms with E-state index in [-0.39, 0.29) is 5.56 Å². The maximum absolute atomic E-state index is 10.5. The van der Waals surface area contributed by atoms with Crippen LogP contribution in [0.1, 0.15) is 21.9 Å². The molecule has 60 valence electrons. The average molecular weight is 172 g/mol. The van der Waals surface area contributed by atoms with Gasteiger partial charge in [-0.25, -0.2) is 4.79 Å². The maximum Gasteiger partial charge on any atom is 0.340 e. The molecule has 1 aromatic rings. The van der Waals surface area contributed by atoms with Gasteiger partial charge in [-0.1, -0.05) is 0 Å². The van der Waals surface area contributed by atoms with Crippen LogP contribution in [0.3, 0.4) is 0 Å². The monoisotopic (exact) mass is 172 g/mol. The molecule has 0 aliphatic heterocycles. The van der Waals surface area contributed by atoms with Gasteiger partial charge in [0.15, 0.2) is 0 Å². The highest BCUT2D eigenvalue weighted by Crippen LogP contribution is 2.24. The van der Waals surface area contributed by atoms with Gasteiger partial charge in [-0.05, 0) is 13.8 Å². The zero-order valence-electron chi connectivity index (χ0n) is 6.21. The van der Waals surface area contributed by atoms with Crippen molar-refractivity contribution in [3.05, 3.63) is 17.1 Å². The van der Waals surface area contributed by atoms with Crippen molar-refractivity contribution in [3.63, 3.8) is 0 Å². The smallest absolute Gasteiger partial charge is 0.340 e. The van der Waals surface area contributed by atoms with Gasteiger partial charge in [0.1, 0.15) is 17.1 Å². The fraction of sp³-hybridized carbons (Fsp3) is 0.286. The molecular weight excluding hydrogens is 164 g/mol. The molecule has 3 nitrogen and oxygen atoms in total. The summed E-state index contributed by atoms with van der Waals surface area (Å²) in [7, 11) is 0. The number of rotatable bonds is 1. The third-order valence-corrected chi connectivity index (χ3v) is 1.98. The molecule has 0 unspecified atom stereocenters. The Balaban J connectivity index is 3.34.